The minimum atomic E-state index is -4.91. The summed E-state index contributed by atoms with van der Waals surface area (Å²) in [4.78, 5) is 27.2. The molecule has 35 heavy (non-hydrogen) atoms. The highest BCUT2D eigenvalue weighted by atomic mass is 79.9. The van der Waals surface area contributed by atoms with Gasteiger partial charge >= 0.3 is 12.1 Å². The smallest absolute Gasteiger partial charge is 0.416 e. The zero-order valence-corrected chi connectivity index (χ0v) is 20.6. The van der Waals surface area contributed by atoms with Gasteiger partial charge in [0.15, 0.2) is 6.04 Å². The van der Waals surface area contributed by atoms with Gasteiger partial charge in [-0.1, -0.05) is 15.9 Å². The molecular weight excluding hydrogens is 546 g/mol. The van der Waals surface area contributed by atoms with Crippen molar-refractivity contribution < 1.29 is 35.9 Å². The standard InChI is InChI=1S/C23H23BrF6N2O3/c1-21(2,3)35-20(34)19(15-8-14(24)4-5-17(15)25)32-10-13(6-7-31-11-22(26,27)12-31)16(9-18(32)33)23(28,29)30/h4-5,8-10,19H,6-7,11-12H2,1-3H3. The summed E-state index contributed by atoms with van der Waals surface area (Å²) in [7, 11) is 0. The fourth-order valence-corrected chi connectivity index (χ4v) is 4.15. The number of rotatable bonds is 6. The molecule has 12 heteroatoms. The average molecular weight is 569 g/mol. The van der Waals surface area contributed by atoms with Crippen molar-refractivity contribution in [2.45, 2.75) is 50.9 Å². The summed E-state index contributed by atoms with van der Waals surface area (Å²) in [6.07, 6.45) is -4.40. The Morgan fingerprint density at radius 3 is 2.34 bits per heavy atom. The van der Waals surface area contributed by atoms with Crippen LogP contribution in [0.1, 0.15) is 43.5 Å². The molecule has 0 radical (unpaired) electrons. The first-order chi connectivity index (χ1) is 16.0. The second kappa shape index (κ2) is 9.61. The number of nitrogens with zero attached hydrogens (tertiary/aromatic N) is 2. The molecule has 1 saturated heterocycles. The summed E-state index contributed by atoms with van der Waals surface area (Å²) < 4.78 is 88.5. The topological polar surface area (TPSA) is 51.5 Å². The molecule has 2 heterocycles. The number of hydrogen-bond donors (Lipinski definition) is 0. The molecule has 1 aromatic carbocycles. The molecule has 0 bridgehead atoms. The van der Waals surface area contributed by atoms with Gasteiger partial charge in [-0.15, -0.1) is 0 Å². The van der Waals surface area contributed by atoms with Crippen LogP contribution in [0.2, 0.25) is 0 Å². The summed E-state index contributed by atoms with van der Waals surface area (Å²) in [6.45, 7) is 3.34. The minimum Gasteiger partial charge on any atom is -0.458 e. The lowest BCUT2D eigenvalue weighted by Gasteiger charge is -2.38. The van der Waals surface area contributed by atoms with Crippen LogP contribution in [0.4, 0.5) is 26.3 Å². The number of halogens is 7. The number of pyridine rings is 1. The van der Waals surface area contributed by atoms with Gasteiger partial charge < -0.3 is 4.74 Å². The molecule has 0 amide bonds. The quantitative estimate of drug-likeness (QED) is 0.355. The molecule has 0 spiro atoms. The van der Waals surface area contributed by atoms with E-state index in [1.807, 2.05) is 0 Å². The number of benzene rings is 1. The van der Waals surface area contributed by atoms with Crippen molar-refractivity contribution in [3.05, 3.63) is 67.8 Å². The zero-order chi connectivity index (χ0) is 26.3. The SMILES string of the molecule is CC(C)(C)OC(=O)C(c1cc(Br)ccc1F)n1cc(CCN2CC(F)(F)C2)c(C(F)(F)F)cc1=O. The van der Waals surface area contributed by atoms with Gasteiger partial charge in [-0.25, -0.2) is 18.0 Å². The first kappa shape index (κ1) is 27.3. The summed E-state index contributed by atoms with van der Waals surface area (Å²) in [5, 5.41) is 0. The van der Waals surface area contributed by atoms with E-state index in [1.165, 1.54) is 17.0 Å². The van der Waals surface area contributed by atoms with Crippen molar-refractivity contribution >= 4 is 21.9 Å². The summed E-state index contributed by atoms with van der Waals surface area (Å²) in [6, 6.07) is 2.23. The molecule has 1 atom stereocenters. The van der Waals surface area contributed by atoms with Crippen molar-refractivity contribution in [1.29, 1.82) is 0 Å². The van der Waals surface area contributed by atoms with E-state index in [2.05, 4.69) is 15.9 Å². The number of likely N-dealkylation sites (tertiary alicyclic amines) is 1. The van der Waals surface area contributed by atoms with Crippen molar-refractivity contribution in [3.63, 3.8) is 0 Å². The van der Waals surface area contributed by atoms with Gasteiger partial charge in [-0.3, -0.25) is 14.3 Å². The Kier molecular flexibility index (Phi) is 7.48. The molecule has 0 N–H and O–H groups in total. The second-order valence-electron chi connectivity index (χ2n) is 9.37. The normalized spacial score (nSPS) is 17.1. The fourth-order valence-electron chi connectivity index (χ4n) is 3.77. The van der Waals surface area contributed by atoms with Crippen LogP contribution in [-0.4, -0.2) is 46.6 Å². The third-order valence-corrected chi connectivity index (χ3v) is 5.73. The van der Waals surface area contributed by atoms with Crippen molar-refractivity contribution in [2.75, 3.05) is 19.6 Å². The lowest BCUT2D eigenvalue weighted by molar-refractivity contribution is -0.157. The van der Waals surface area contributed by atoms with E-state index in [0.717, 1.165) is 12.3 Å². The van der Waals surface area contributed by atoms with Gasteiger partial charge in [-0.2, -0.15) is 13.2 Å². The number of carbonyl (C=O) groups excluding carboxylic acids is 1. The van der Waals surface area contributed by atoms with Gasteiger partial charge in [-0.05, 0) is 51.0 Å². The molecule has 0 aliphatic carbocycles. The lowest BCUT2D eigenvalue weighted by Crippen LogP contribution is -2.56. The van der Waals surface area contributed by atoms with Gasteiger partial charge in [0.1, 0.15) is 11.4 Å². The largest absolute Gasteiger partial charge is 0.458 e. The van der Waals surface area contributed by atoms with E-state index in [0.29, 0.717) is 15.1 Å². The van der Waals surface area contributed by atoms with Gasteiger partial charge in [0.25, 0.3) is 11.5 Å². The van der Waals surface area contributed by atoms with Gasteiger partial charge in [0.05, 0.1) is 18.7 Å². The highest BCUT2D eigenvalue weighted by Crippen LogP contribution is 2.34. The van der Waals surface area contributed by atoms with E-state index in [1.54, 1.807) is 20.8 Å². The van der Waals surface area contributed by atoms with Crippen molar-refractivity contribution in [3.8, 4) is 0 Å². The van der Waals surface area contributed by atoms with Crippen LogP contribution in [0, 0.1) is 5.82 Å². The van der Waals surface area contributed by atoms with Crippen molar-refractivity contribution in [1.82, 2.24) is 9.47 Å². The molecule has 1 aliphatic rings. The molecule has 5 nitrogen and oxygen atoms in total. The first-order valence-electron chi connectivity index (χ1n) is 10.6. The lowest BCUT2D eigenvalue weighted by atomic mass is 10.0. The van der Waals surface area contributed by atoms with E-state index in [4.69, 9.17) is 4.74 Å². The average Bonchev–Trinajstić information content (AvgIpc) is 2.66. The molecule has 1 fully saturated rings. The predicted molar refractivity (Wildman–Crippen MR) is 119 cm³/mol. The third-order valence-electron chi connectivity index (χ3n) is 5.24. The van der Waals surface area contributed by atoms with Crippen LogP contribution in [0.3, 0.4) is 0 Å². The van der Waals surface area contributed by atoms with E-state index in [-0.39, 0.29) is 18.5 Å². The van der Waals surface area contributed by atoms with Gasteiger partial charge in [0, 0.05) is 28.8 Å². The van der Waals surface area contributed by atoms with E-state index < -0.39 is 65.3 Å². The van der Waals surface area contributed by atoms with Crippen LogP contribution in [0.5, 0.6) is 0 Å². The Morgan fingerprint density at radius 2 is 1.80 bits per heavy atom. The van der Waals surface area contributed by atoms with Crippen molar-refractivity contribution in [2.24, 2.45) is 0 Å². The monoisotopic (exact) mass is 568 g/mol. The highest BCUT2D eigenvalue weighted by Gasteiger charge is 2.44. The maximum atomic E-state index is 14.8. The molecule has 192 valence electrons. The molecule has 1 aliphatic heterocycles. The van der Waals surface area contributed by atoms with Crippen LogP contribution in [0.25, 0.3) is 0 Å². The van der Waals surface area contributed by atoms with E-state index in [9.17, 15) is 35.9 Å². The van der Waals surface area contributed by atoms with Crippen LogP contribution in [-0.2, 0) is 22.1 Å². The maximum absolute atomic E-state index is 14.8. The first-order valence-corrected chi connectivity index (χ1v) is 11.4. The third kappa shape index (κ3) is 6.66. The number of esters is 1. The maximum Gasteiger partial charge on any atom is 0.416 e. The molecule has 2 aromatic rings. The molecule has 0 saturated carbocycles. The number of carbonyl (C=O) groups is 1. The van der Waals surface area contributed by atoms with Crippen LogP contribution < -0.4 is 5.56 Å². The molecular formula is C23H23BrF6N2O3. The summed E-state index contributed by atoms with van der Waals surface area (Å²) in [5.74, 6) is -4.82. The molecule has 1 unspecified atom stereocenters. The van der Waals surface area contributed by atoms with E-state index >= 15 is 0 Å². The van der Waals surface area contributed by atoms with Gasteiger partial charge in [0.2, 0.25) is 0 Å². The van der Waals surface area contributed by atoms with Crippen LogP contribution >= 0.6 is 15.9 Å². The Bertz CT molecular complexity index is 1170. The number of ether oxygens (including phenoxy) is 1. The zero-order valence-electron chi connectivity index (χ0n) is 19.1. The Labute approximate surface area is 205 Å². The highest BCUT2D eigenvalue weighted by molar-refractivity contribution is 9.10. The molecule has 3 rings (SSSR count). The Hall–Kier alpha value is -2.34. The minimum absolute atomic E-state index is 0.126. The fraction of sp³-hybridized carbons (Fsp3) is 0.478. The second-order valence-corrected chi connectivity index (χ2v) is 10.3. The van der Waals surface area contributed by atoms with Crippen LogP contribution in [0.15, 0.2) is 39.7 Å². The number of aromatic nitrogens is 1. The number of hydrogen-bond acceptors (Lipinski definition) is 4. The molecule has 1 aromatic heterocycles. The summed E-state index contributed by atoms with van der Waals surface area (Å²) in [5.41, 5.74) is -4.17. The predicted octanol–water partition coefficient (Wildman–Crippen LogP) is 5.19. The summed E-state index contributed by atoms with van der Waals surface area (Å²) >= 11 is 3.16. The Balaban J connectivity index is 2.12. The number of alkyl halides is 5. The Morgan fingerprint density at radius 1 is 1.17 bits per heavy atom.